The highest BCUT2D eigenvalue weighted by Crippen LogP contribution is 2.34. The molecular formula is C13H22N2S. The van der Waals surface area contributed by atoms with Crippen LogP contribution in [-0.4, -0.2) is 11.0 Å². The molecule has 1 aromatic heterocycles. The van der Waals surface area contributed by atoms with Gasteiger partial charge in [0.25, 0.3) is 0 Å². The number of aromatic nitrogens is 1. The predicted octanol–water partition coefficient (Wildman–Crippen LogP) is 3.61. The minimum Gasteiger partial charge on any atom is -0.307 e. The van der Waals surface area contributed by atoms with Crippen LogP contribution in [0.2, 0.25) is 0 Å². The Labute approximate surface area is 102 Å². The molecule has 1 heterocycles. The van der Waals surface area contributed by atoms with Crippen LogP contribution in [0.15, 0.2) is 0 Å². The fourth-order valence-corrected chi connectivity index (χ4v) is 3.63. The molecule has 0 saturated carbocycles. The second-order valence-electron chi connectivity index (χ2n) is 4.85. The van der Waals surface area contributed by atoms with Gasteiger partial charge in [-0.05, 0) is 39.5 Å². The Morgan fingerprint density at radius 1 is 1.56 bits per heavy atom. The zero-order valence-corrected chi connectivity index (χ0v) is 11.4. The molecule has 1 aliphatic rings. The van der Waals surface area contributed by atoms with Gasteiger partial charge in [-0.25, -0.2) is 4.98 Å². The van der Waals surface area contributed by atoms with Crippen LogP contribution < -0.4 is 5.32 Å². The fraction of sp³-hybridized carbons (Fsp3) is 0.769. The summed E-state index contributed by atoms with van der Waals surface area (Å²) in [6.45, 7) is 6.67. The van der Waals surface area contributed by atoms with E-state index in [4.69, 9.17) is 0 Å². The second-order valence-corrected chi connectivity index (χ2v) is 6.08. The third-order valence-electron chi connectivity index (χ3n) is 3.26. The Kier molecular flexibility index (Phi) is 3.98. The van der Waals surface area contributed by atoms with E-state index in [0.717, 1.165) is 0 Å². The molecule has 1 aliphatic carbocycles. The smallest absolute Gasteiger partial charge is 0.0900 e. The van der Waals surface area contributed by atoms with Gasteiger partial charge < -0.3 is 5.32 Å². The molecule has 0 radical (unpaired) electrons. The molecule has 16 heavy (non-hydrogen) atoms. The number of rotatable bonds is 4. The Hall–Kier alpha value is -0.410. The molecule has 2 rings (SSSR count). The molecule has 0 spiro atoms. The van der Waals surface area contributed by atoms with Gasteiger partial charge in [0, 0.05) is 17.0 Å². The highest BCUT2D eigenvalue weighted by molar-refractivity contribution is 7.11. The second kappa shape index (κ2) is 5.28. The van der Waals surface area contributed by atoms with Crippen LogP contribution in [0.5, 0.6) is 0 Å². The molecule has 0 fully saturated rings. The fourth-order valence-electron chi connectivity index (χ4n) is 2.56. The Balaban J connectivity index is 2.06. The Bertz CT molecular complexity index is 346. The van der Waals surface area contributed by atoms with Crippen LogP contribution >= 0.6 is 11.3 Å². The first-order valence-corrected chi connectivity index (χ1v) is 7.24. The maximum absolute atomic E-state index is 4.63. The van der Waals surface area contributed by atoms with Gasteiger partial charge in [-0.3, -0.25) is 0 Å². The monoisotopic (exact) mass is 238 g/mol. The van der Waals surface area contributed by atoms with Gasteiger partial charge in [0.15, 0.2) is 0 Å². The summed E-state index contributed by atoms with van der Waals surface area (Å²) in [5, 5.41) is 4.98. The number of thiazole rings is 1. The minimum atomic E-state index is 0.566. The number of hydrogen-bond donors (Lipinski definition) is 1. The van der Waals surface area contributed by atoms with Crippen molar-refractivity contribution in [3.63, 3.8) is 0 Å². The van der Waals surface area contributed by atoms with Crippen LogP contribution in [-0.2, 0) is 6.42 Å². The Morgan fingerprint density at radius 2 is 2.38 bits per heavy atom. The van der Waals surface area contributed by atoms with E-state index in [-0.39, 0.29) is 0 Å². The van der Waals surface area contributed by atoms with Crippen molar-refractivity contribution in [2.75, 3.05) is 0 Å². The lowest BCUT2D eigenvalue weighted by Gasteiger charge is -2.26. The minimum absolute atomic E-state index is 0.566. The predicted molar refractivity (Wildman–Crippen MR) is 70.0 cm³/mol. The number of nitrogens with one attached hydrogen (secondary N) is 1. The van der Waals surface area contributed by atoms with Crippen LogP contribution in [0.4, 0.5) is 0 Å². The normalized spacial score (nSPS) is 21.8. The maximum atomic E-state index is 4.63. The van der Waals surface area contributed by atoms with E-state index in [0.29, 0.717) is 12.1 Å². The number of aryl methyl sites for hydroxylation is 2. The first-order valence-electron chi connectivity index (χ1n) is 6.43. The van der Waals surface area contributed by atoms with Gasteiger partial charge in [0.2, 0.25) is 0 Å². The molecule has 2 unspecified atom stereocenters. The van der Waals surface area contributed by atoms with E-state index < -0.39 is 0 Å². The van der Waals surface area contributed by atoms with E-state index in [1.54, 1.807) is 0 Å². The average Bonchev–Trinajstić information content (AvgIpc) is 2.60. The summed E-state index contributed by atoms with van der Waals surface area (Å²) in [6, 6.07) is 1.19. The summed E-state index contributed by atoms with van der Waals surface area (Å²) < 4.78 is 0. The molecule has 2 atom stereocenters. The SMILES string of the molecule is CCCC(C)NC1CCCc2nc(C)sc21. The van der Waals surface area contributed by atoms with Gasteiger partial charge in [-0.15, -0.1) is 11.3 Å². The van der Waals surface area contributed by atoms with E-state index in [2.05, 4.69) is 31.1 Å². The van der Waals surface area contributed by atoms with Crippen LogP contribution in [0, 0.1) is 6.92 Å². The largest absolute Gasteiger partial charge is 0.307 e. The highest BCUT2D eigenvalue weighted by atomic mass is 32.1. The molecule has 1 N–H and O–H groups in total. The summed E-state index contributed by atoms with van der Waals surface area (Å²) in [4.78, 5) is 6.14. The van der Waals surface area contributed by atoms with Crippen molar-refractivity contribution >= 4 is 11.3 Å². The summed E-state index contributed by atoms with van der Waals surface area (Å²) in [5.41, 5.74) is 1.36. The third kappa shape index (κ3) is 2.64. The van der Waals surface area contributed by atoms with E-state index >= 15 is 0 Å². The molecule has 2 nitrogen and oxygen atoms in total. The quantitative estimate of drug-likeness (QED) is 0.867. The number of nitrogens with zero attached hydrogens (tertiary/aromatic N) is 1. The first kappa shape index (κ1) is 12.1. The van der Waals surface area contributed by atoms with Crippen LogP contribution in [0.3, 0.4) is 0 Å². The maximum Gasteiger partial charge on any atom is 0.0900 e. The van der Waals surface area contributed by atoms with E-state index in [1.165, 1.54) is 47.7 Å². The Morgan fingerprint density at radius 3 is 3.12 bits per heavy atom. The summed E-state index contributed by atoms with van der Waals surface area (Å²) in [5.74, 6) is 0. The van der Waals surface area contributed by atoms with Gasteiger partial charge in [0.1, 0.15) is 0 Å². The summed E-state index contributed by atoms with van der Waals surface area (Å²) in [6.07, 6.45) is 6.27. The van der Waals surface area contributed by atoms with Crippen molar-refractivity contribution in [3.8, 4) is 0 Å². The highest BCUT2D eigenvalue weighted by Gasteiger charge is 2.24. The number of fused-ring (bicyclic) bond motifs is 1. The van der Waals surface area contributed by atoms with E-state index in [9.17, 15) is 0 Å². The van der Waals surface area contributed by atoms with Crippen LogP contribution in [0.25, 0.3) is 0 Å². The van der Waals surface area contributed by atoms with Crippen molar-refractivity contribution in [3.05, 3.63) is 15.6 Å². The number of hydrogen-bond acceptors (Lipinski definition) is 3. The first-order chi connectivity index (χ1) is 7.70. The summed E-state index contributed by atoms with van der Waals surface area (Å²) in [7, 11) is 0. The third-order valence-corrected chi connectivity index (χ3v) is 4.39. The van der Waals surface area contributed by atoms with Gasteiger partial charge in [-0.1, -0.05) is 13.3 Å². The standard InChI is InChI=1S/C13H22N2S/c1-4-6-9(2)14-11-7-5-8-12-13(11)16-10(3)15-12/h9,11,14H,4-8H2,1-3H3. The molecule has 90 valence electrons. The van der Waals surface area contributed by atoms with Crippen molar-refractivity contribution in [1.82, 2.24) is 10.3 Å². The lowest BCUT2D eigenvalue weighted by atomic mass is 9.97. The summed E-state index contributed by atoms with van der Waals surface area (Å²) >= 11 is 1.88. The zero-order chi connectivity index (χ0) is 11.5. The van der Waals surface area contributed by atoms with E-state index in [1.807, 2.05) is 11.3 Å². The average molecular weight is 238 g/mol. The molecule has 3 heteroatoms. The molecule has 1 aromatic rings. The molecular weight excluding hydrogens is 216 g/mol. The lowest BCUT2D eigenvalue weighted by Crippen LogP contribution is -2.32. The zero-order valence-electron chi connectivity index (χ0n) is 10.5. The molecule has 0 saturated heterocycles. The van der Waals surface area contributed by atoms with Crippen molar-refractivity contribution < 1.29 is 0 Å². The molecule has 0 aromatic carbocycles. The van der Waals surface area contributed by atoms with Gasteiger partial charge in [0.05, 0.1) is 10.7 Å². The van der Waals surface area contributed by atoms with Crippen molar-refractivity contribution in [2.45, 2.75) is 65.0 Å². The molecule has 0 bridgehead atoms. The van der Waals surface area contributed by atoms with Crippen molar-refractivity contribution in [1.29, 1.82) is 0 Å². The topological polar surface area (TPSA) is 24.9 Å². The van der Waals surface area contributed by atoms with Crippen molar-refractivity contribution in [2.24, 2.45) is 0 Å². The van der Waals surface area contributed by atoms with Gasteiger partial charge >= 0.3 is 0 Å². The molecule has 0 aliphatic heterocycles. The van der Waals surface area contributed by atoms with Gasteiger partial charge in [-0.2, -0.15) is 0 Å². The lowest BCUT2D eigenvalue weighted by molar-refractivity contribution is 0.397. The van der Waals surface area contributed by atoms with Crippen LogP contribution in [0.1, 0.15) is 61.2 Å². The molecule has 0 amide bonds.